The molecular formula is C40H48O2S. The van der Waals surface area contributed by atoms with Crippen molar-refractivity contribution in [1.82, 2.24) is 0 Å². The quantitative estimate of drug-likeness (QED) is 0.182. The van der Waals surface area contributed by atoms with E-state index < -0.39 is 10.0 Å². The van der Waals surface area contributed by atoms with Crippen LogP contribution in [0.4, 0.5) is 0 Å². The molecule has 0 heterocycles. The predicted octanol–water partition coefficient (Wildman–Crippen LogP) is 10.3. The van der Waals surface area contributed by atoms with Gasteiger partial charge in [0.2, 0.25) is 0 Å². The molecule has 2 aliphatic carbocycles. The lowest BCUT2D eigenvalue weighted by Crippen LogP contribution is -2.21. The van der Waals surface area contributed by atoms with Crippen molar-refractivity contribution in [3.63, 3.8) is 0 Å². The normalized spacial score (nSPS) is 21.5. The minimum atomic E-state index is -1.03. The molecule has 3 heteroatoms. The van der Waals surface area contributed by atoms with Gasteiger partial charge in [-0.2, -0.15) is 0 Å². The monoisotopic (exact) mass is 592 g/mol. The van der Waals surface area contributed by atoms with Crippen molar-refractivity contribution in [2.45, 2.75) is 64.3 Å². The predicted molar refractivity (Wildman–Crippen MR) is 185 cm³/mol. The van der Waals surface area contributed by atoms with Gasteiger partial charge in [-0.25, -0.2) is 10.0 Å². The summed E-state index contributed by atoms with van der Waals surface area (Å²) in [6.45, 7) is 12.0. The summed E-state index contributed by atoms with van der Waals surface area (Å²) in [7, 11) is -1.03. The minimum Gasteiger partial charge on any atom is -0.377 e. The Bertz CT molecular complexity index is 1440. The first-order chi connectivity index (χ1) is 20.8. The van der Waals surface area contributed by atoms with Gasteiger partial charge in [0.15, 0.2) is 0 Å². The number of fused-ring (bicyclic) bond motifs is 2. The molecule has 226 valence electrons. The molecule has 4 unspecified atom stereocenters. The number of hydrogen-bond donors (Lipinski definition) is 0. The van der Waals surface area contributed by atoms with Crippen LogP contribution < -0.4 is 0 Å². The molecule has 4 aromatic carbocycles. The van der Waals surface area contributed by atoms with E-state index in [9.17, 15) is 0 Å². The zero-order valence-corrected chi connectivity index (χ0v) is 27.7. The van der Waals surface area contributed by atoms with E-state index in [4.69, 9.17) is 9.47 Å². The van der Waals surface area contributed by atoms with Gasteiger partial charge in [-0.3, -0.25) is 0 Å². The molecule has 0 amide bonds. The van der Waals surface area contributed by atoms with E-state index >= 15 is 0 Å². The van der Waals surface area contributed by atoms with Crippen molar-refractivity contribution in [2.75, 3.05) is 25.7 Å². The van der Waals surface area contributed by atoms with Crippen molar-refractivity contribution >= 4 is 10.0 Å². The first-order valence-electron chi connectivity index (χ1n) is 16.1. The first-order valence-corrected chi connectivity index (χ1v) is 18.7. The van der Waals surface area contributed by atoms with Crippen molar-refractivity contribution in [3.05, 3.63) is 118 Å². The van der Waals surface area contributed by atoms with Crippen molar-refractivity contribution in [1.29, 1.82) is 0 Å². The van der Waals surface area contributed by atoms with Crippen LogP contribution in [0.25, 0.3) is 22.3 Å². The molecule has 0 bridgehead atoms. The molecule has 0 saturated carbocycles. The third kappa shape index (κ3) is 5.72. The van der Waals surface area contributed by atoms with Crippen molar-refractivity contribution in [3.8, 4) is 22.3 Å². The Morgan fingerprint density at radius 3 is 1.35 bits per heavy atom. The smallest absolute Gasteiger partial charge is 0.0716 e. The van der Waals surface area contributed by atoms with Crippen LogP contribution in [0, 0.1) is 11.8 Å². The maximum atomic E-state index is 5.64. The highest BCUT2D eigenvalue weighted by Crippen LogP contribution is 2.73. The standard InChI is InChI=1S/C40H48O2S/c1-7-41-25-29-15-19-31(20-16-29)33-11-9-13-35-37(33)23-27(3)39(35)43(5,6)40-28(4)24-38-34(12-10-14-36(38)40)32-21-17-30(18-22-32)26-42-8-2/h9-22,27-28,39-40H,7-8,23-26H2,1-6H3. The van der Waals surface area contributed by atoms with E-state index in [0.717, 1.165) is 26.1 Å². The van der Waals surface area contributed by atoms with Crippen molar-refractivity contribution in [2.24, 2.45) is 11.8 Å². The lowest BCUT2D eigenvalue weighted by molar-refractivity contribution is 0.134. The highest BCUT2D eigenvalue weighted by atomic mass is 32.3. The van der Waals surface area contributed by atoms with Crippen LogP contribution in [-0.2, 0) is 35.5 Å². The Hall–Kier alpha value is -2.85. The van der Waals surface area contributed by atoms with Crippen LogP contribution in [0.5, 0.6) is 0 Å². The summed E-state index contributed by atoms with van der Waals surface area (Å²) < 4.78 is 11.3. The molecule has 6 rings (SSSR count). The summed E-state index contributed by atoms with van der Waals surface area (Å²) in [6.07, 6.45) is 7.61. The Balaban J connectivity index is 1.32. The second kappa shape index (κ2) is 12.6. The van der Waals surface area contributed by atoms with Crippen LogP contribution in [0.2, 0.25) is 0 Å². The number of benzene rings is 4. The zero-order valence-electron chi connectivity index (χ0n) is 26.9. The first kappa shape index (κ1) is 30.2. The summed E-state index contributed by atoms with van der Waals surface area (Å²) in [6, 6.07) is 32.3. The van der Waals surface area contributed by atoms with Crippen LogP contribution in [-0.4, -0.2) is 25.7 Å². The van der Waals surface area contributed by atoms with E-state index in [1.807, 2.05) is 0 Å². The van der Waals surface area contributed by atoms with Gasteiger partial charge in [-0.05, 0) is 107 Å². The molecule has 0 saturated heterocycles. The third-order valence-corrected chi connectivity index (χ3v) is 14.0. The van der Waals surface area contributed by atoms with Crippen LogP contribution in [0.3, 0.4) is 0 Å². The third-order valence-electron chi connectivity index (χ3n) is 9.91. The fourth-order valence-electron chi connectivity index (χ4n) is 8.22. The summed E-state index contributed by atoms with van der Waals surface area (Å²) in [4.78, 5) is 0. The summed E-state index contributed by atoms with van der Waals surface area (Å²) >= 11 is 0. The lowest BCUT2D eigenvalue weighted by Gasteiger charge is -2.48. The van der Waals surface area contributed by atoms with Crippen LogP contribution >= 0.6 is 10.0 Å². The van der Waals surface area contributed by atoms with E-state index in [1.165, 1.54) is 33.4 Å². The molecule has 0 fully saturated rings. The van der Waals surface area contributed by atoms with E-state index in [-0.39, 0.29) is 0 Å². The summed E-state index contributed by atoms with van der Waals surface area (Å²) in [5.74, 6) is 1.27. The number of hydrogen-bond acceptors (Lipinski definition) is 2. The molecule has 4 atom stereocenters. The molecule has 43 heavy (non-hydrogen) atoms. The van der Waals surface area contributed by atoms with Gasteiger partial charge >= 0.3 is 0 Å². The van der Waals surface area contributed by atoms with Gasteiger partial charge in [0.05, 0.1) is 13.2 Å². The molecule has 0 aliphatic heterocycles. The van der Waals surface area contributed by atoms with Gasteiger partial charge in [0, 0.05) is 23.7 Å². The zero-order chi connectivity index (χ0) is 30.1. The fourth-order valence-corrected chi connectivity index (χ4v) is 12.9. The SMILES string of the molecule is CCOCc1ccc(-c2cccc3c2CC(C)C3S(C)(C)C2c3cccc(-c4ccc(COCC)cc4)c3CC2C)cc1. The van der Waals surface area contributed by atoms with Crippen LogP contribution in [0.1, 0.15) is 71.6 Å². The minimum absolute atomic E-state index is 0.597. The van der Waals surface area contributed by atoms with E-state index in [1.54, 1.807) is 22.3 Å². The Morgan fingerprint density at radius 1 is 0.581 bits per heavy atom. The molecule has 2 nitrogen and oxygen atoms in total. The van der Waals surface area contributed by atoms with Gasteiger partial charge in [0.25, 0.3) is 0 Å². The molecule has 4 aromatic rings. The second-order valence-corrected chi connectivity index (χ2v) is 17.1. The average molecular weight is 593 g/mol. The van der Waals surface area contributed by atoms with Crippen molar-refractivity contribution < 1.29 is 9.47 Å². The lowest BCUT2D eigenvalue weighted by atomic mass is 9.96. The topological polar surface area (TPSA) is 18.5 Å². The number of ether oxygens (including phenoxy) is 2. The Labute approximate surface area is 261 Å². The molecule has 2 aliphatic rings. The fraction of sp³-hybridized carbons (Fsp3) is 0.400. The van der Waals surface area contributed by atoms with E-state index in [0.29, 0.717) is 35.5 Å². The summed E-state index contributed by atoms with van der Waals surface area (Å²) in [5, 5.41) is 1.19. The maximum Gasteiger partial charge on any atom is 0.0716 e. The average Bonchev–Trinajstić information content (AvgIpc) is 3.55. The molecule has 0 aromatic heterocycles. The largest absolute Gasteiger partial charge is 0.377 e. The molecule has 0 radical (unpaired) electrons. The maximum absolute atomic E-state index is 5.64. The van der Waals surface area contributed by atoms with Gasteiger partial charge < -0.3 is 9.47 Å². The van der Waals surface area contributed by atoms with Gasteiger partial charge in [-0.15, -0.1) is 0 Å². The molecule has 0 N–H and O–H groups in total. The van der Waals surface area contributed by atoms with Gasteiger partial charge in [-0.1, -0.05) is 98.8 Å². The highest BCUT2D eigenvalue weighted by Gasteiger charge is 2.47. The highest BCUT2D eigenvalue weighted by molar-refractivity contribution is 8.33. The number of rotatable bonds is 10. The molecular weight excluding hydrogens is 545 g/mol. The van der Waals surface area contributed by atoms with E-state index in [2.05, 4.69) is 125 Å². The summed E-state index contributed by atoms with van der Waals surface area (Å²) in [5.41, 5.74) is 14.3. The second-order valence-electron chi connectivity index (χ2n) is 13.1. The molecule has 0 spiro atoms. The van der Waals surface area contributed by atoms with Gasteiger partial charge in [0.1, 0.15) is 0 Å². The Kier molecular flexibility index (Phi) is 8.87. The Morgan fingerprint density at radius 2 is 0.977 bits per heavy atom. The van der Waals surface area contributed by atoms with Crippen LogP contribution in [0.15, 0.2) is 84.9 Å².